The molecule has 0 fully saturated rings. The largest absolute Gasteiger partial charge is 0.416 e. The van der Waals surface area contributed by atoms with Crippen molar-refractivity contribution in [2.75, 3.05) is 0 Å². The van der Waals surface area contributed by atoms with Gasteiger partial charge in [-0.1, -0.05) is 12.1 Å². The van der Waals surface area contributed by atoms with E-state index in [-0.39, 0.29) is 17.3 Å². The highest BCUT2D eigenvalue weighted by molar-refractivity contribution is 5.75. The molecule has 152 valence electrons. The number of hydrogen-bond acceptors (Lipinski definition) is 1. The molecule has 0 aliphatic carbocycles. The lowest BCUT2D eigenvalue weighted by atomic mass is 9.93. The molecule has 0 atom stereocenters. The van der Waals surface area contributed by atoms with Crippen molar-refractivity contribution in [1.29, 1.82) is 0 Å². The van der Waals surface area contributed by atoms with Gasteiger partial charge in [0.2, 0.25) is 0 Å². The number of aryl methyl sites for hydroxylation is 3. The van der Waals surface area contributed by atoms with E-state index in [1.807, 2.05) is 0 Å². The maximum atomic E-state index is 13.4. The average molecular weight is 418 g/mol. The Morgan fingerprint density at radius 2 is 1.31 bits per heavy atom. The zero-order chi connectivity index (χ0) is 29.1. The molecule has 0 N–H and O–H groups in total. The Hall–Kier alpha value is -2.83. The minimum Gasteiger partial charge on any atom is -0.256 e. The van der Waals surface area contributed by atoms with Gasteiger partial charge in [-0.05, 0) is 78.7 Å². The summed E-state index contributed by atoms with van der Waals surface area (Å²) in [5.74, 6) is 0. The van der Waals surface area contributed by atoms with Crippen LogP contribution in [-0.4, -0.2) is 4.98 Å². The Kier molecular flexibility index (Phi) is 2.98. The number of hydrogen-bond donors (Lipinski definition) is 0. The topological polar surface area (TPSA) is 12.9 Å². The second kappa shape index (κ2) is 7.21. The second-order valence-corrected chi connectivity index (χ2v) is 6.17. The molecule has 0 bridgehead atoms. The molecule has 29 heavy (non-hydrogen) atoms. The molecule has 0 spiro atoms. The van der Waals surface area contributed by atoms with Crippen molar-refractivity contribution in [2.45, 2.75) is 32.9 Å². The fourth-order valence-electron chi connectivity index (χ4n) is 2.67. The molecular weight excluding hydrogens is 392 g/mol. The molecule has 0 radical (unpaired) electrons. The van der Waals surface area contributed by atoms with Crippen molar-refractivity contribution in [3.8, 4) is 22.4 Å². The molecule has 2 aromatic carbocycles. The Balaban J connectivity index is 2.35. The third-order valence-corrected chi connectivity index (χ3v) is 4.12. The Bertz CT molecular complexity index is 1320. The van der Waals surface area contributed by atoms with E-state index in [9.17, 15) is 26.3 Å². The summed E-state index contributed by atoms with van der Waals surface area (Å²) in [6, 6.07) is 4.64. The van der Waals surface area contributed by atoms with E-state index in [1.165, 1.54) is 0 Å². The summed E-state index contributed by atoms with van der Waals surface area (Å²) in [6.45, 7) is -8.72. The normalized spacial score (nSPS) is 18.2. The van der Waals surface area contributed by atoms with Gasteiger partial charge in [0.25, 0.3) is 0 Å². The first-order valence-corrected chi connectivity index (χ1v) is 7.95. The highest BCUT2D eigenvalue weighted by atomic mass is 19.4. The SMILES string of the molecule is [2H]C([2H])([2H])c1ccc(-c2cc(C([2H])([2H])[2H])c(C([2H])([2H])[2H])cn2)cc1-c1cc(C(F)(F)F)cc(C(F)(F)F)c1. The molecule has 0 aliphatic heterocycles. The van der Waals surface area contributed by atoms with Crippen LogP contribution < -0.4 is 0 Å². The van der Waals surface area contributed by atoms with Gasteiger partial charge >= 0.3 is 12.4 Å². The number of nitrogens with zero attached hydrogens (tertiary/aromatic N) is 1. The number of halogens is 6. The lowest BCUT2D eigenvalue weighted by Gasteiger charge is -2.16. The molecule has 0 aliphatic rings. The molecule has 0 saturated carbocycles. The van der Waals surface area contributed by atoms with Gasteiger partial charge in [-0.2, -0.15) is 26.3 Å². The molecule has 1 aromatic heterocycles. The van der Waals surface area contributed by atoms with E-state index < -0.39 is 71.9 Å². The fourth-order valence-corrected chi connectivity index (χ4v) is 2.67. The third-order valence-electron chi connectivity index (χ3n) is 4.12. The van der Waals surface area contributed by atoms with Gasteiger partial charge in [0.15, 0.2) is 0 Å². The van der Waals surface area contributed by atoms with Gasteiger partial charge in [0.05, 0.1) is 16.8 Å². The highest BCUT2D eigenvalue weighted by Crippen LogP contribution is 2.40. The van der Waals surface area contributed by atoms with E-state index in [0.717, 1.165) is 30.5 Å². The fraction of sp³-hybridized carbons (Fsp3) is 0.227. The maximum Gasteiger partial charge on any atom is 0.416 e. The maximum absolute atomic E-state index is 13.4. The molecule has 0 unspecified atom stereocenters. The molecule has 0 amide bonds. The van der Waals surface area contributed by atoms with Crippen LogP contribution in [0.1, 0.15) is 40.2 Å². The van der Waals surface area contributed by atoms with Crippen LogP contribution in [0.3, 0.4) is 0 Å². The second-order valence-electron chi connectivity index (χ2n) is 6.17. The van der Waals surface area contributed by atoms with E-state index >= 15 is 0 Å². The average Bonchev–Trinajstić information content (AvgIpc) is 2.75. The van der Waals surface area contributed by atoms with E-state index in [1.54, 1.807) is 0 Å². The predicted molar refractivity (Wildman–Crippen MR) is 99.3 cm³/mol. The zero-order valence-corrected chi connectivity index (χ0v) is 14.3. The third kappa shape index (κ3) is 4.44. The van der Waals surface area contributed by atoms with Crippen LogP contribution in [0.2, 0.25) is 0 Å². The number of benzene rings is 2. The van der Waals surface area contributed by atoms with Crippen LogP contribution in [0.4, 0.5) is 26.3 Å². The highest BCUT2D eigenvalue weighted by Gasteiger charge is 2.37. The zero-order valence-electron chi connectivity index (χ0n) is 23.3. The van der Waals surface area contributed by atoms with Gasteiger partial charge in [0, 0.05) is 24.1 Å². The number of rotatable bonds is 2. The summed E-state index contributed by atoms with van der Waals surface area (Å²) in [5.41, 5.74) is -6.51. The van der Waals surface area contributed by atoms with Crippen molar-refractivity contribution in [1.82, 2.24) is 4.98 Å². The van der Waals surface area contributed by atoms with Crippen LogP contribution in [0, 0.1) is 20.6 Å². The lowest BCUT2D eigenvalue weighted by Crippen LogP contribution is -2.11. The van der Waals surface area contributed by atoms with Crippen molar-refractivity contribution >= 4 is 0 Å². The van der Waals surface area contributed by atoms with E-state index in [2.05, 4.69) is 4.98 Å². The van der Waals surface area contributed by atoms with Gasteiger partial charge in [-0.3, -0.25) is 4.98 Å². The predicted octanol–water partition coefficient (Wildman–Crippen LogP) is 7.38. The smallest absolute Gasteiger partial charge is 0.256 e. The van der Waals surface area contributed by atoms with Crippen LogP contribution in [0.5, 0.6) is 0 Å². The van der Waals surface area contributed by atoms with Crippen molar-refractivity contribution in [3.05, 3.63) is 76.5 Å². The van der Waals surface area contributed by atoms with Crippen molar-refractivity contribution < 1.29 is 38.7 Å². The quantitative estimate of drug-likeness (QED) is 0.396. The molecule has 3 rings (SSSR count). The minimum absolute atomic E-state index is 0.0680. The molecular formula is C22H17F6N. The van der Waals surface area contributed by atoms with Crippen LogP contribution in [0.15, 0.2) is 48.7 Å². The number of alkyl halides is 6. The number of pyridine rings is 1. The van der Waals surface area contributed by atoms with Crippen molar-refractivity contribution in [2.24, 2.45) is 0 Å². The molecule has 1 heterocycles. The van der Waals surface area contributed by atoms with E-state index in [4.69, 9.17) is 12.3 Å². The summed E-state index contributed by atoms with van der Waals surface area (Å²) < 4.78 is 150. The summed E-state index contributed by atoms with van der Waals surface area (Å²) in [6.07, 6.45) is -9.59. The first-order valence-electron chi connectivity index (χ1n) is 12.5. The Morgan fingerprint density at radius 1 is 0.690 bits per heavy atom. The first-order chi connectivity index (χ1) is 17.0. The number of aromatic nitrogens is 1. The standard InChI is InChI=1S/C22H17F6N/c1-12-4-5-15(20-6-13(2)14(3)11-29-20)9-19(12)16-7-17(21(23,24)25)10-18(8-16)22(26,27)28/h4-11H,1-3H3/i1D3,2D3,3D3. The van der Waals surface area contributed by atoms with Gasteiger partial charge in [-0.25, -0.2) is 0 Å². The van der Waals surface area contributed by atoms with Crippen molar-refractivity contribution in [3.63, 3.8) is 0 Å². The summed E-state index contributed by atoms with van der Waals surface area (Å²) in [5, 5.41) is 0. The van der Waals surface area contributed by atoms with Gasteiger partial charge in [-0.15, -0.1) is 0 Å². The van der Waals surface area contributed by atoms with Crippen LogP contribution in [0.25, 0.3) is 22.4 Å². The first kappa shape index (κ1) is 12.0. The molecule has 7 heteroatoms. The van der Waals surface area contributed by atoms with Gasteiger partial charge in [0.1, 0.15) is 0 Å². The summed E-state index contributed by atoms with van der Waals surface area (Å²) in [4.78, 5) is 3.92. The lowest BCUT2D eigenvalue weighted by molar-refractivity contribution is -0.143. The van der Waals surface area contributed by atoms with Gasteiger partial charge < -0.3 is 0 Å². The Labute approximate surface area is 176 Å². The Morgan fingerprint density at radius 3 is 1.86 bits per heavy atom. The molecule has 0 saturated heterocycles. The summed E-state index contributed by atoms with van der Waals surface area (Å²) >= 11 is 0. The minimum atomic E-state index is -5.19. The van der Waals surface area contributed by atoms with Crippen LogP contribution >= 0.6 is 0 Å². The summed E-state index contributed by atoms with van der Waals surface area (Å²) in [7, 11) is 0. The van der Waals surface area contributed by atoms with Crippen LogP contribution in [-0.2, 0) is 12.4 Å². The molecule has 1 nitrogen and oxygen atoms in total. The monoisotopic (exact) mass is 418 g/mol. The molecule has 3 aromatic rings. The van der Waals surface area contributed by atoms with E-state index in [0.29, 0.717) is 12.1 Å².